The van der Waals surface area contributed by atoms with E-state index < -0.39 is 5.97 Å². The highest BCUT2D eigenvalue weighted by Gasteiger charge is 2.13. The normalized spacial score (nSPS) is 12.1. The first-order valence-corrected chi connectivity index (χ1v) is 10.5. The molecule has 0 aliphatic carbocycles. The summed E-state index contributed by atoms with van der Waals surface area (Å²) in [5.41, 5.74) is 5.28. The molecule has 0 fully saturated rings. The van der Waals surface area contributed by atoms with Crippen LogP contribution in [0.4, 0.5) is 0 Å². The molecule has 1 heterocycles. The van der Waals surface area contributed by atoms with Gasteiger partial charge in [-0.2, -0.15) is 5.10 Å². The molecule has 0 bridgehead atoms. The highest BCUT2D eigenvalue weighted by atomic mass is 16.5. The molecule has 0 radical (unpaired) electrons. The molecule has 158 valence electrons. The standard InChI is InChI=1S/C26H26N2O3/c1-3-28-24-16-19(9-14-23(24)26(27-28)21-7-5-4-6-8-21)17-31-22-12-10-20(11-13-22)18(2)15-25(29)30/h4-14,16,18H,3,15,17H2,1-2H3,(H,29,30). The number of benzene rings is 3. The molecule has 1 atom stereocenters. The lowest BCUT2D eigenvalue weighted by Crippen LogP contribution is -2.03. The minimum Gasteiger partial charge on any atom is -0.489 e. The molecule has 0 saturated heterocycles. The SMILES string of the molecule is CCn1nc(-c2ccccc2)c2ccc(COc3ccc(C(C)CC(=O)O)cc3)cc21. The van der Waals surface area contributed by atoms with Crippen LogP contribution in [-0.4, -0.2) is 20.9 Å². The summed E-state index contributed by atoms with van der Waals surface area (Å²) in [4.78, 5) is 10.9. The van der Waals surface area contributed by atoms with Crippen LogP contribution in [0.5, 0.6) is 5.75 Å². The van der Waals surface area contributed by atoms with Crippen molar-refractivity contribution >= 4 is 16.9 Å². The molecule has 0 spiro atoms. The molecule has 0 aliphatic rings. The Balaban J connectivity index is 1.51. The van der Waals surface area contributed by atoms with Crippen molar-refractivity contribution < 1.29 is 14.6 Å². The zero-order chi connectivity index (χ0) is 21.8. The zero-order valence-corrected chi connectivity index (χ0v) is 17.8. The van der Waals surface area contributed by atoms with E-state index in [9.17, 15) is 4.79 Å². The summed E-state index contributed by atoms with van der Waals surface area (Å²) in [6.45, 7) is 5.26. The van der Waals surface area contributed by atoms with Crippen molar-refractivity contribution in [3.63, 3.8) is 0 Å². The van der Waals surface area contributed by atoms with Crippen LogP contribution in [0, 0.1) is 0 Å². The third kappa shape index (κ3) is 4.61. The molecule has 0 aliphatic heterocycles. The molecular formula is C26H26N2O3. The molecule has 31 heavy (non-hydrogen) atoms. The van der Waals surface area contributed by atoms with Gasteiger partial charge in [-0.3, -0.25) is 9.48 Å². The Hall–Kier alpha value is -3.60. The molecule has 0 saturated carbocycles. The second kappa shape index (κ2) is 9.04. The molecule has 1 N–H and O–H groups in total. The first kappa shape index (κ1) is 20.7. The van der Waals surface area contributed by atoms with Gasteiger partial charge in [0.2, 0.25) is 0 Å². The molecular weight excluding hydrogens is 388 g/mol. The second-order valence-electron chi connectivity index (χ2n) is 7.74. The van der Waals surface area contributed by atoms with Crippen LogP contribution < -0.4 is 4.74 Å². The fourth-order valence-corrected chi connectivity index (χ4v) is 3.80. The number of aryl methyl sites for hydroxylation is 1. The van der Waals surface area contributed by atoms with Crippen LogP contribution >= 0.6 is 0 Å². The third-order valence-electron chi connectivity index (χ3n) is 5.50. The van der Waals surface area contributed by atoms with Crippen LogP contribution in [0.1, 0.15) is 37.3 Å². The Morgan fingerprint density at radius 3 is 2.48 bits per heavy atom. The Morgan fingerprint density at radius 1 is 1.06 bits per heavy atom. The number of carboxylic acids is 1. The van der Waals surface area contributed by atoms with Crippen molar-refractivity contribution in [3.8, 4) is 17.0 Å². The van der Waals surface area contributed by atoms with E-state index in [0.717, 1.165) is 45.6 Å². The number of fused-ring (bicyclic) bond motifs is 1. The van der Waals surface area contributed by atoms with Gasteiger partial charge < -0.3 is 9.84 Å². The molecule has 5 heteroatoms. The van der Waals surface area contributed by atoms with Gasteiger partial charge in [-0.1, -0.05) is 61.5 Å². The van der Waals surface area contributed by atoms with Gasteiger partial charge in [-0.25, -0.2) is 0 Å². The average molecular weight is 415 g/mol. The number of hydrogen-bond donors (Lipinski definition) is 1. The van der Waals surface area contributed by atoms with Gasteiger partial charge in [0.05, 0.1) is 11.9 Å². The topological polar surface area (TPSA) is 64.4 Å². The molecule has 1 unspecified atom stereocenters. The Kier molecular flexibility index (Phi) is 6.03. The summed E-state index contributed by atoms with van der Waals surface area (Å²) in [6.07, 6.45) is 0.121. The van der Waals surface area contributed by atoms with E-state index in [1.165, 1.54) is 0 Å². The Bertz CT molecular complexity index is 1180. The van der Waals surface area contributed by atoms with Gasteiger partial charge in [0, 0.05) is 17.5 Å². The van der Waals surface area contributed by atoms with E-state index in [1.807, 2.05) is 54.1 Å². The molecule has 0 amide bonds. The molecule has 5 nitrogen and oxygen atoms in total. The molecule has 4 aromatic rings. The number of hydrogen-bond acceptors (Lipinski definition) is 3. The van der Waals surface area contributed by atoms with Crippen molar-refractivity contribution in [2.45, 2.75) is 39.3 Å². The summed E-state index contributed by atoms with van der Waals surface area (Å²) in [6, 6.07) is 24.2. The van der Waals surface area contributed by atoms with Crippen LogP contribution in [0.15, 0.2) is 72.8 Å². The van der Waals surface area contributed by atoms with Crippen LogP contribution in [-0.2, 0) is 17.9 Å². The van der Waals surface area contributed by atoms with Crippen molar-refractivity contribution in [2.24, 2.45) is 0 Å². The predicted molar refractivity (Wildman–Crippen MR) is 122 cm³/mol. The first-order chi connectivity index (χ1) is 15.0. The summed E-state index contributed by atoms with van der Waals surface area (Å²) in [5, 5.41) is 14.9. The number of carboxylic acid groups (broad SMARTS) is 1. The minimum atomic E-state index is -0.787. The number of ether oxygens (including phenoxy) is 1. The van der Waals surface area contributed by atoms with E-state index in [-0.39, 0.29) is 12.3 Å². The number of rotatable bonds is 8. The monoisotopic (exact) mass is 414 g/mol. The fraction of sp³-hybridized carbons (Fsp3) is 0.231. The quantitative estimate of drug-likeness (QED) is 0.391. The Morgan fingerprint density at radius 2 is 1.81 bits per heavy atom. The minimum absolute atomic E-state index is 0.0258. The van der Waals surface area contributed by atoms with Gasteiger partial charge >= 0.3 is 5.97 Å². The highest BCUT2D eigenvalue weighted by Crippen LogP contribution is 2.29. The van der Waals surface area contributed by atoms with Crippen molar-refractivity contribution in [3.05, 3.63) is 83.9 Å². The van der Waals surface area contributed by atoms with Gasteiger partial charge in [-0.05, 0) is 42.2 Å². The second-order valence-corrected chi connectivity index (χ2v) is 7.74. The van der Waals surface area contributed by atoms with Gasteiger partial charge in [0.1, 0.15) is 18.1 Å². The number of aliphatic carboxylic acids is 1. The maximum atomic E-state index is 10.9. The van der Waals surface area contributed by atoms with E-state index in [1.54, 1.807) is 0 Å². The fourth-order valence-electron chi connectivity index (χ4n) is 3.80. The number of nitrogens with zero attached hydrogens (tertiary/aromatic N) is 2. The van der Waals surface area contributed by atoms with Crippen LogP contribution in [0.3, 0.4) is 0 Å². The van der Waals surface area contributed by atoms with Crippen LogP contribution in [0.25, 0.3) is 22.2 Å². The largest absolute Gasteiger partial charge is 0.489 e. The smallest absolute Gasteiger partial charge is 0.303 e. The average Bonchev–Trinajstić information content (AvgIpc) is 3.16. The lowest BCUT2D eigenvalue weighted by molar-refractivity contribution is -0.137. The van der Waals surface area contributed by atoms with E-state index in [4.69, 9.17) is 14.9 Å². The number of carbonyl (C=O) groups is 1. The van der Waals surface area contributed by atoms with Gasteiger partial charge in [-0.15, -0.1) is 0 Å². The summed E-state index contributed by atoms with van der Waals surface area (Å²) >= 11 is 0. The van der Waals surface area contributed by atoms with E-state index >= 15 is 0 Å². The molecule has 3 aromatic carbocycles. The maximum absolute atomic E-state index is 10.9. The van der Waals surface area contributed by atoms with E-state index in [0.29, 0.717) is 6.61 Å². The zero-order valence-electron chi connectivity index (χ0n) is 17.8. The number of aromatic nitrogens is 2. The van der Waals surface area contributed by atoms with Crippen molar-refractivity contribution in [1.82, 2.24) is 9.78 Å². The molecule has 1 aromatic heterocycles. The predicted octanol–water partition coefficient (Wildman–Crippen LogP) is 5.88. The van der Waals surface area contributed by atoms with Crippen molar-refractivity contribution in [1.29, 1.82) is 0 Å². The summed E-state index contributed by atoms with van der Waals surface area (Å²) in [7, 11) is 0. The highest BCUT2D eigenvalue weighted by molar-refractivity contribution is 5.93. The Labute approximate surface area is 181 Å². The third-order valence-corrected chi connectivity index (χ3v) is 5.50. The lowest BCUT2D eigenvalue weighted by Gasteiger charge is -2.11. The van der Waals surface area contributed by atoms with Crippen LogP contribution in [0.2, 0.25) is 0 Å². The van der Waals surface area contributed by atoms with Gasteiger partial charge in [0.15, 0.2) is 0 Å². The molecule has 4 rings (SSSR count). The van der Waals surface area contributed by atoms with E-state index in [2.05, 4.69) is 37.3 Å². The lowest BCUT2D eigenvalue weighted by atomic mass is 9.98. The summed E-state index contributed by atoms with van der Waals surface area (Å²) < 4.78 is 8.00. The first-order valence-electron chi connectivity index (χ1n) is 10.5. The van der Waals surface area contributed by atoms with Crippen molar-refractivity contribution in [2.75, 3.05) is 0 Å². The maximum Gasteiger partial charge on any atom is 0.303 e. The summed E-state index contributed by atoms with van der Waals surface area (Å²) in [5.74, 6) is -0.0487. The van der Waals surface area contributed by atoms with Gasteiger partial charge in [0.25, 0.3) is 0 Å².